The molecule has 1 atom stereocenters. The predicted molar refractivity (Wildman–Crippen MR) is 103 cm³/mol. The van der Waals surface area contributed by atoms with Crippen molar-refractivity contribution in [2.45, 2.75) is 53.5 Å². The fraction of sp³-hybridized carbons (Fsp3) is 0.944. The molecule has 0 fully saturated rings. The first-order valence-electron chi connectivity index (χ1n) is 9.61. The van der Waals surface area contributed by atoms with E-state index in [9.17, 15) is 0 Å². The van der Waals surface area contributed by atoms with Gasteiger partial charge in [0.2, 0.25) is 0 Å². The van der Waals surface area contributed by atoms with Crippen molar-refractivity contribution in [2.75, 3.05) is 59.2 Å². The van der Waals surface area contributed by atoms with E-state index in [2.05, 4.69) is 55.1 Å². The van der Waals surface area contributed by atoms with Crippen molar-refractivity contribution in [3.05, 3.63) is 0 Å². The fourth-order valence-corrected chi connectivity index (χ4v) is 2.34. The molecule has 6 heteroatoms. The van der Waals surface area contributed by atoms with Crippen molar-refractivity contribution in [3.8, 4) is 0 Å². The molecule has 0 aromatic rings. The molecule has 1 unspecified atom stereocenters. The van der Waals surface area contributed by atoms with E-state index in [1.807, 2.05) is 0 Å². The van der Waals surface area contributed by atoms with Gasteiger partial charge in [-0.1, -0.05) is 27.2 Å². The van der Waals surface area contributed by atoms with Crippen molar-refractivity contribution in [2.24, 2.45) is 4.99 Å². The van der Waals surface area contributed by atoms with Crippen LogP contribution in [0.15, 0.2) is 4.99 Å². The Morgan fingerprint density at radius 3 is 2.21 bits per heavy atom. The SMILES string of the molecule is CCCCOCCOCCNC(=NCC(C)N(CC)CC)NCC. The predicted octanol–water partition coefficient (Wildman–Crippen LogP) is 2.11. The quantitative estimate of drug-likeness (QED) is 0.271. The third-order valence-corrected chi connectivity index (χ3v) is 3.85. The second-order valence-electron chi connectivity index (χ2n) is 5.79. The van der Waals surface area contributed by atoms with E-state index in [-0.39, 0.29) is 0 Å². The summed E-state index contributed by atoms with van der Waals surface area (Å²) in [7, 11) is 0. The van der Waals surface area contributed by atoms with Crippen LogP contribution < -0.4 is 10.6 Å². The number of aliphatic imine (C=N–C) groups is 1. The Hall–Kier alpha value is -0.850. The maximum atomic E-state index is 5.56. The summed E-state index contributed by atoms with van der Waals surface area (Å²) in [4.78, 5) is 7.08. The summed E-state index contributed by atoms with van der Waals surface area (Å²) < 4.78 is 11.0. The molecule has 24 heavy (non-hydrogen) atoms. The van der Waals surface area contributed by atoms with Crippen LogP contribution in [0.2, 0.25) is 0 Å². The van der Waals surface area contributed by atoms with Crippen LogP contribution in [0.25, 0.3) is 0 Å². The molecule has 0 aromatic heterocycles. The lowest BCUT2D eigenvalue weighted by Crippen LogP contribution is -2.41. The summed E-state index contributed by atoms with van der Waals surface area (Å²) in [5.41, 5.74) is 0. The van der Waals surface area contributed by atoms with Gasteiger partial charge in [-0.3, -0.25) is 9.89 Å². The van der Waals surface area contributed by atoms with Gasteiger partial charge in [0.05, 0.1) is 26.4 Å². The van der Waals surface area contributed by atoms with Crippen molar-refractivity contribution < 1.29 is 9.47 Å². The summed E-state index contributed by atoms with van der Waals surface area (Å²) in [6, 6.07) is 0.451. The number of hydrogen-bond donors (Lipinski definition) is 2. The van der Waals surface area contributed by atoms with Crippen molar-refractivity contribution in [1.29, 1.82) is 0 Å². The van der Waals surface area contributed by atoms with E-state index in [0.29, 0.717) is 25.9 Å². The number of rotatable bonds is 15. The summed E-state index contributed by atoms with van der Waals surface area (Å²) in [6.45, 7) is 18.2. The first-order valence-corrected chi connectivity index (χ1v) is 9.61. The summed E-state index contributed by atoms with van der Waals surface area (Å²) in [5, 5.41) is 6.60. The standard InChI is InChI=1S/C18H40N4O2/c1-6-10-12-23-14-15-24-13-11-20-18(19-7-2)21-16-17(5)22(8-3)9-4/h17H,6-16H2,1-5H3,(H2,19,20,21). The molecule has 6 nitrogen and oxygen atoms in total. The van der Waals surface area contributed by atoms with Crippen LogP contribution in [0.3, 0.4) is 0 Å². The second-order valence-corrected chi connectivity index (χ2v) is 5.79. The number of nitrogens with zero attached hydrogens (tertiary/aromatic N) is 2. The first kappa shape index (κ1) is 23.1. The summed E-state index contributed by atoms with van der Waals surface area (Å²) in [5.74, 6) is 0.860. The van der Waals surface area contributed by atoms with Crippen LogP contribution >= 0.6 is 0 Å². The van der Waals surface area contributed by atoms with E-state index in [1.165, 1.54) is 6.42 Å². The number of unbranched alkanes of at least 4 members (excludes halogenated alkanes) is 1. The maximum absolute atomic E-state index is 5.56. The van der Waals surface area contributed by atoms with Crippen LogP contribution in [0.4, 0.5) is 0 Å². The van der Waals surface area contributed by atoms with E-state index >= 15 is 0 Å². The van der Waals surface area contributed by atoms with Gasteiger partial charge < -0.3 is 20.1 Å². The molecular formula is C18H40N4O2. The number of nitrogens with one attached hydrogen (secondary N) is 2. The lowest BCUT2D eigenvalue weighted by molar-refractivity contribution is 0.0487. The molecule has 0 saturated heterocycles. The third kappa shape index (κ3) is 12.6. The van der Waals surface area contributed by atoms with Gasteiger partial charge in [0.15, 0.2) is 5.96 Å². The lowest BCUT2D eigenvalue weighted by Gasteiger charge is -2.25. The number of likely N-dealkylation sites (N-methyl/N-ethyl adjacent to an activating group) is 1. The molecule has 0 rings (SSSR count). The van der Waals surface area contributed by atoms with Gasteiger partial charge in [-0.05, 0) is 33.4 Å². The minimum absolute atomic E-state index is 0.451. The van der Waals surface area contributed by atoms with Gasteiger partial charge in [0.25, 0.3) is 0 Å². The first-order chi connectivity index (χ1) is 11.7. The largest absolute Gasteiger partial charge is 0.379 e. The van der Waals surface area contributed by atoms with E-state index in [4.69, 9.17) is 9.47 Å². The highest BCUT2D eigenvalue weighted by Crippen LogP contribution is 1.98. The average molecular weight is 345 g/mol. The average Bonchev–Trinajstić information content (AvgIpc) is 2.59. The zero-order valence-electron chi connectivity index (χ0n) is 16.6. The maximum Gasteiger partial charge on any atom is 0.191 e. The Kier molecular flexibility index (Phi) is 16.4. The Morgan fingerprint density at radius 1 is 0.958 bits per heavy atom. The number of ether oxygens (including phenoxy) is 2. The fourth-order valence-electron chi connectivity index (χ4n) is 2.34. The zero-order chi connectivity index (χ0) is 18.0. The van der Waals surface area contributed by atoms with E-state index < -0.39 is 0 Å². The molecule has 0 radical (unpaired) electrons. The molecule has 0 aliphatic heterocycles. The Labute approximate surface area is 149 Å². The van der Waals surface area contributed by atoms with Crippen molar-refractivity contribution >= 4 is 5.96 Å². The molecule has 0 aliphatic rings. The number of hydrogen-bond acceptors (Lipinski definition) is 4. The highest BCUT2D eigenvalue weighted by atomic mass is 16.5. The third-order valence-electron chi connectivity index (χ3n) is 3.85. The van der Waals surface area contributed by atoms with Gasteiger partial charge in [0, 0.05) is 25.7 Å². The molecule has 0 spiro atoms. The molecule has 0 aliphatic carbocycles. The smallest absolute Gasteiger partial charge is 0.191 e. The Bertz CT molecular complexity index is 297. The summed E-state index contributed by atoms with van der Waals surface area (Å²) in [6.07, 6.45) is 2.29. The molecule has 2 N–H and O–H groups in total. The highest BCUT2D eigenvalue weighted by Gasteiger charge is 2.09. The molecule has 0 amide bonds. The van der Waals surface area contributed by atoms with E-state index in [1.54, 1.807) is 0 Å². The Morgan fingerprint density at radius 2 is 1.62 bits per heavy atom. The van der Waals surface area contributed by atoms with Gasteiger partial charge in [-0.2, -0.15) is 0 Å². The van der Waals surface area contributed by atoms with Gasteiger partial charge >= 0.3 is 0 Å². The molecular weight excluding hydrogens is 304 g/mol. The van der Waals surface area contributed by atoms with Crippen molar-refractivity contribution in [3.63, 3.8) is 0 Å². The van der Waals surface area contributed by atoms with Gasteiger partial charge in [-0.15, -0.1) is 0 Å². The molecule has 0 saturated carbocycles. The summed E-state index contributed by atoms with van der Waals surface area (Å²) >= 11 is 0. The topological polar surface area (TPSA) is 58.1 Å². The van der Waals surface area contributed by atoms with Crippen LogP contribution in [-0.4, -0.2) is 76.1 Å². The molecule has 0 heterocycles. The van der Waals surface area contributed by atoms with Crippen LogP contribution in [-0.2, 0) is 9.47 Å². The highest BCUT2D eigenvalue weighted by molar-refractivity contribution is 5.79. The van der Waals surface area contributed by atoms with Crippen LogP contribution in [0.1, 0.15) is 47.5 Å². The molecule has 144 valence electrons. The van der Waals surface area contributed by atoms with Gasteiger partial charge in [0.1, 0.15) is 0 Å². The monoisotopic (exact) mass is 344 g/mol. The van der Waals surface area contributed by atoms with Crippen LogP contribution in [0, 0.1) is 0 Å². The lowest BCUT2D eigenvalue weighted by atomic mass is 10.3. The zero-order valence-corrected chi connectivity index (χ0v) is 16.6. The Balaban J connectivity index is 3.88. The second kappa shape index (κ2) is 17.0. The minimum atomic E-state index is 0.451. The van der Waals surface area contributed by atoms with E-state index in [0.717, 1.165) is 51.7 Å². The van der Waals surface area contributed by atoms with Crippen molar-refractivity contribution in [1.82, 2.24) is 15.5 Å². The molecule has 0 bridgehead atoms. The normalized spacial score (nSPS) is 13.3. The number of guanidine groups is 1. The van der Waals surface area contributed by atoms with Gasteiger partial charge in [-0.25, -0.2) is 0 Å². The van der Waals surface area contributed by atoms with Crippen LogP contribution in [0.5, 0.6) is 0 Å². The molecule has 0 aromatic carbocycles. The minimum Gasteiger partial charge on any atom is -0.379 e.